The molecule has 0 spiro atoms. The third kappa shape index (κ3) is 4.54. The van der Waals surface area contributed by atoms with Crippen LogP contribution in [-0.2, 0) is 11.8 Å². The van der Waals surface area contributed by atoms with Gasteiger partial charge in [0, 0.05) is 29.3 Å². The van der Waals surface area contributed by atoms with Crippen LogP contribution in [0.2, 0.25) is 0 Å². The molecule has 2 aromatic carbocycles. The number of fused-ring (bicyclic) bond motifs is 1. The van der Waals surface area contributed by atoms with Crippen LogP contribution in [0, 0.1) is 0 Å². The van der Waals surface area contributed by atoms with E-state index < -0.39 is 0 Å². The molecule has 29 heavy (non-hydrogen) atoms. The second-order valence-electron chi connectivity index (χ2n) is 8.15. The van der Waals surface area contributed by atoms with Gasteiger partial charge in [0.15, 0.2) is 5.82 Å². The Morgan fingerprint density at radius 2 is 1.79 bits per heavy atom. The number of benzene rings is 2. The van der Waals surface area contributed by atoms with Crippen molar-refractivity contribution in [2.75, 3.05) is 17.2 Å². The van der Waals surface area contributed by atoms with Crippen molar-refractivity contribution in [3.05, 3.63) is 72.1 Å². The molecule has 0 aliphatic carbocycles. The Morgan fingerprint density at radius 1 is 1.00 bits per heavy atom. The van der Waals surface area contributed by atoms with Crippen LogP contribution in [0.3, 0.4) is 0 Å². The first-order valence-electron chi connectivity index (χ1n) is 9.85. The van der Waals surface area contributed by atoms with E-state index >= 15 is 0 Å². The third-order valence-electron chi connectivity index (χ3n) is 4.94. The van der Waals surface area contributed by atoms with Crippen molar-refractivity contribution in [3.63, 3.8) is 0 Å². The van der Waals surface area contributed by atoms with Crippen LogP contribution in [0.5, 0.6) is 0 Å². The quantitative estimate of drug-likeness (QED) is 0.432. The van der Waals surface area contributed by atoms with Crippen molar-refractivity contribution in [2.45, 2.75) is 32.6 Å². The van der Waals surface area contributed by atoms with Gasteiger partial charge < -0.3 is 15.6 Å². The van der Waals surface area contributed by atoms with E-state index in [-0.39, 0.29) is 5.41 Å². The molecule has 0 aliphatic heterocycles. The molecule has 6 nitrogen and oxygen atoms in total. The Balaban J connectivity index is 1.37. The molecule has 0 aliphatic rings. The summed E-state index contributed by atoms with van der Waals surface area (Å²) in [6.45, 7) is 7.37. The highest BCUT2D eigenvalue weighted by Crippen LogP contribution is 2.24. The fourth-order valence-electron chi connectivity index (χ4n) is 3.29. The predicted molar refractivity (Wildman–Crippen MR) is 119 cm³/mol. The number of anilines is 3. The lowest BCUT2D eigenvalue weighted by Crippen LogP contribution is -2.11. The number of hydrogen-bond donors (Lipinski definition) is 3. The van der Waals surface area contributed by atoms with E-state index in [0.717, 1.165) is 24.2 Å². The molecule has 0 saturated carbocycles. The van der Waals surface area contributed by atoms with Gasteiger partial charge in [0.1, 0.15) is 0 Å². The van der Waals surface area contributed by atoms with E-state index in [0.29, 0.717) is 11.8 Å². The van der Waals surface area contributed by atoms with Crippen LogP contribution >= 0.6 is 0 Å². The van der Waals surface area contributed by atoms with Gasteiger partial charge in [-0.05, 0) is 41.2 Å². The van der Waals surface area contributed by atoms with Crippen molar-refractivity contribution in [3.8, 4) is 0 Å². The molecule has 2 heterocycles. The van der Waals surface area contributed by atoms with Crippen molar-refractivity contribution < 1.29 is 0 Å². The number of nitrogens with one attached hydrogen (secondary N) is 3. The van der Waals surface area contributed by atoms with Crippen LogP contribution in [0.15, 0.2) is 60.9 Å². The van der Waals surface area contributed by atoms with Gasteiger partial charge in [-0.15, -0.1) is 5.10 Å². The van der Waals surface area contributed by atoms with Crippen LogP contribution in [-0.4, -0.2) is 26.7 Å². The summed E-state index contributed by atoms with van der Waals surface area (Å²) in [5, 5.41) is 16.0. The highest BCUT2D eigenvalue weighted by atomic mass is 15.3. The average Bonchev–Trinajstić information content (AvgIpc) is 3.11. The smallest absolute Gasteiger partial charge is 0.249 e. The molecule has 0 unspecified atom stereocenters. The largest absolute Gasteiger partial charge is 0.368 e. The van der Waals surface area contributed by atoms with E-state index in [9.17, 15) is 0 Å². The minimum Gasteiger partial charge on any atom is -0.368 e. The number of hydrogen-bond acceptors (Lipinski definition) is 5. The zero-order valence-corrected chi connectivity index (χ0v) is 17.0. The second kappa shape index (κ2) is 7.91. The number of aromatic nitrogens is 4. The Bertz CT molecular complexity index is 1090. The van der Waals surface area contributed by atoms with Crippen LogP contribution in [0.4, 0.5) is 17.5 Å². The summed E-state index contributed by atoms with van der Waals surface area (Å²) in [7, 11) is 0. The Labute approximate surface area is 170 Å². The molecule has 0 radical (unpaired) electrons. The second-order valence-corrected chi connectivity index (χ2v) is 8.15. The standard InChI is InChI=1S/C23H26N6/c1-23(2,3)17-8-10-18(11-9-17)27-22-28-21(15-26-29-22)24-13-12-16-14-25-20-7-5-4-6-19(16)20/h4-11,14-15,25H,12-13H2,1-3H3,(H2,24,27,28,29). The minimum atomic E-state index is 0.130. The van der Waals surface area contributed by atoms with Crippen LogP contribution in [0.25, 0.3) is 10.9 Å². The van der Waals surface area contributed by atoms with Gasteiger partial charge in [0.05, 0.1) is 6.20 Å². The first-order chi connectivity index (χ1) is 14.0. The molecule has 6 heteroatoms. The molecule has 0 atom stereocenters. The number of para-hydroxylation sites is 1. The fraction of sp³-hybridized carbons (Fsp3) is 0.261. The highest BCUT2D eigenvalue weighted by molar-refractivity contribution is 5.83. The monoisotopic (exact) mass is 386 g/mol. The molecule has 0 bridgehead atoms. The Morgan fingerprint density at radius 3 is 2.59 bits per heavy atom. The molecule has 0 fully saturated rings. The van der Waals surface area contributed by atoms with E-state index in [4.69, 9.17) is 0 Å². The van der Waals surface area contributed by atoms with Crippen LogP contribution < -0.4 is 10.6 Å². The lowest BCUT2D eigenvalue weighted by Gasteiger charge is -2.19. The summed E-state index contributed by atoms with van der Waals surface area (Å²) in [6.07, 6.45) is 4.60. The first kappa shape index (κ1) is 18.9. The first-order valence-corrected chi connectivity index (χ1v) is 9.85. The summed E-state index contributed by atoms with van der Waals surface area (Å²) in [6, 6.07) is 16.7. The number of rotatable bonds is 6. The van der Waals surface area contributed by atoms with Gasteiger partial charge in [-0.3, -0.25) is 0 Å². The highest BCUT2D eigenvalue weighted by Gasteiger charge is 2.13. The van der Waals surface area contributed by atoms with E-state index in [1.807, 2.05) is 18.2 Å². The zero-order chi connectivity index (χ0) is 20.3. The molecule has 0 saturated heterocycles. The Hall–Kier alpha value is -3.41. The lowest BCUT2D eigenvalue weighted by atomic mass is 9.87. The predicted octanol–water partition coefficient (Wildman–Crippen LogP) is 5.05. The minimum absolute atomic E-state index is 0.130. The molecule has 2 aromatic heterocycles. The third-order valence-corrected chi connectivity index (χ3v) is 4.94. The van der Waals surface area contributed by atoms with Crippen LogP contribution in [0.1, 0.15) is 31.9 Å². The normalized spacial score (nSPS) is 11.6. The van der Waals surface area contributed by atoms with E-state index in [1.165, 1.54) is 16.5 Å². The molecule has 3 N–H and O–H groups in total. The van der Waals surface area contributed by atoms with E-state index in [1.54, 1.807) is 6.20 Å². The number of nitrogens with zero attached hydrogens (tertiary/aromatic N) is 3. The topological polar surface area (TPSA) is 78.5 Å². The molecule has 0 amide bonds. The summed E-state index contributed by atoms with van der Waals surface area (Å²) in [4.78, 5) is 7.83. The molecular weight excluding hydrogens is 360 g/mol. The maximum Gasteiger partial charge on any atom is 0.249 e. The SMILES string of the molecule is CC(C)(C)c1ccc(Nc2nncc(NCCc3c[nH]c4ccccc34)n2)cc1. The van der Waals surface area contributed by atoms with Gasteiger partial charge in [-0.2, -0.15) is 10.1 Å². The van der Waals surface area contributed by atoms with Gasteiger partial charge in [-0.1, -0.05) is 51.1 Å². The summed E-state index contributed by atoms with van der Waals surface area (Å²) >= 11 is 0. The summed E-state index contributed by atoms with van der Waals surface area (Å²) in [5.41, 5.74) is 4.80. The fourth-order valence-corrected chi connectivity index (χ4v) is 3.29. The van der Waals surface area contributed by atoms with Crippen molar-refractivity contribution >= 4 is 28.4 Å². The number of H-pyrrole nitrogens is 1. The van der Waals surface area contributed by atoms with E-state index in [2.05, 4.69) is 88.1 Å². The number of aromatic amines is 1. The van der Waals surface area contributed by atoms with Gasteiger partial charge in [-0.25, -0.2) is 0 Å². The van der Waals surface area contributed by atoms with Crippen molar-refractivity contribution in [1.82, 2.24) is 20.2 Å². The van der Waals surface area contributed by atoms with Crippen molar-refractivity contribution in [2.24, 2.45) is 0 Å². The maximum absolute atomic E-state index is 4.52. The molecule has 4 aromatic rings. The molecular formula is C23H26N6. The molecule has 4 rings (SSSR count). The summed E-state index contributed by atoms with van der Waals surface area (Å²) in [5.74, 6) is 1.18. The van der Waals surface area contributed by atoms with Gasteiger partial charge in [0.25, 0.3) is 0 Å². The lowest BCUT2D eigenvalue weighted by molar-refractivity contribution is 0.590. The maximum atomic E-state index is 4.52. The van der Waals surface area contributed by atoms with Gasteiger partial charge in [0.2, 0.25) is 5.95 Å². The summed E-state index contributed by atoms with van der Waals surface area (Å²) < 4.78 is 0. The Kier molecular flexibility index (Phi) is 5.16. The molecule has 148 valence electrons. The average molecular weight is 387 g/mol. The van der Waals surface area contributed by atoms with Crippen molar-refractivity contribution in [1.29, 1.82) is 0 Å². The van der Waals surface area contributed by atoms with Gasteiger partial charge >= 0.3 is 0 Å². The zero-order valence-electron chi connectivity index (χ0n) is 17.0.